The van der Waals surface area contributed by atoms with Gasteiger partial charge in [0.2, 0.25) is 0 Å². The fraction of sp³-hybridized carbons (Fsp3) is 0.381. The summed E-state index contributed by atoms with van der Waals surface area (Å²) < 4.78 is 5.31. The number of ketones is 3. The number of hydrogen-bond donors (Lipinski definition) is 1. The first-order valence-electron chi connectivity index (χ1n) is 9.66. The summed E-state index contributed by atoms with van der Waals surface area (Å²) in [5, 5.41) is 6.15. The van der Waals surface area contributed by atoms with Gasteiger partial charge in [-0.3, -0.25) is 14.4 Å². The SMILES string of the molecule is COC1=C2C(=O)c3c(N=O)c4c(c(N=O)c3C(=O)C2=CCC1)CC(C(=O)CN)CC4. The number of carbonyl (C=O) groups is 3. The molecule has 9 heteroatoms. The van der Waals surface area contributed by atoms with E-state index in [1.807, 2.05) is 0 Å². The molecule has 0 aliphatic heterocycles. The molecule has 4 rings (SSSR count). The van der Waals surface area contributed by atoms with Gasteiger partial charge in [0, 0.05) is 17.9 Å². The Morgan fingerprint density at radius 2 is 1.77 bits per heavy atom. The molecule has 1 aromatic rings. The van der Waals surface area contributed by atoms with E-state index >= 15 is 0 Å². The average molecular weight is 409 g/mol. The molecule has 30 heavy (non-hydrogen) atoms. The topological polar surface area (TPSA) is 145 Å². The van der Waals surface area contributed by atoms with Crippen molar-refractivity contribution in [1.29, 1.82) is 0 Å². The summed E-state index contributed by atoms with van der Waals surface area (Å²) in [7, 11) is 1.41. The smallest absolute Gasteiger partial charge is 0.200 e. The van der Waals surface area contributed by atoms with Crippen LogP contribution in [0.1, 0.15) is 51.1 Å². The second-order valence-corrected chi connectivity index (χ2v) is 7.51. The van der Waals surface area contributed by atoms with E-state index in [1.54, 1.807) is 6.08 Å². The number of nitrogens with two attached hydrogens (primary N) is 1. The van der Waals surface area contributed by atoms with Crippen molar-refractivity contribution >= 4 is 28.7 Å². The third kappa shape index (κ3) is 2.69. The number of benzene rings is 1. The molecule has 2 N–H and O–H groups in total. The molecular formula is C21H19N3O6. The zero-order valence-electron chi connectivity index (χ0n) is 16.3. The van der Waals surface area contributed by atoms with Gasteiger partial charge < -0.3 is 10.5 Å². The van der Waals surface area contributed by atoms with Crippen LogP contribution in [0, 0.1) is 15.7 Å². The molecule has 0 amide bonds. The van der Waals surface area contributed by atoms with Crippen molar-refractivity contribution in [3.63, 3.8) is 0 Å². The van der Waals surface area contributed by atoms with Gasteiger partial charge in [-0.05, 0) is 47.2 Å². The summed E-state index contributed by atoms with van der Waals surface area (Å²) in [5.41, 5.74) is 5.68. The van der Waals surface area contributed by atoms with Crippen molar-refractivity contribution in [2.75, 3.05) is 13.7 Å². The first kappa shape index (κ1) is 20.0. The lowest BCUT2D eigenvalue weighted by atomic mass is 9.72. The van der Waals surface area contributed by atoms with Gasteiger partial charge >= 0.3 is 0 Å². The van der Waals surface area contributed by atoms with Gasteiger partial charge in [-0.2, -0.15) is 0 Å². The highest BCUT2D eigenvalue weighted by Gasteiger charge is 2.43. The van der Waals surface area contributed by atoms with E-state index < -0.39 is 17.5 Å². The molecule has 3 aliphatic carbocycles. The van der Waals surface area contributed by atoms with Crippen LogP contribution in [-0.2, 0) is 22.4 Å². The zero-order valence-corrected chi connectivity index (χ0v) is 16.3. The predicted octanol–water partition coefficient (Wildman–Crippen LogP) is 3.11. The molecule has 0 saturated heterocycles. The lowest BCUT2D eigenvalue weighted by molar-refractivity contribution is -0.121. The third-order valence-corrected chi connectivity index (χ3v) is 6.13. The Labute approximate surface area is 171 Å². The van der Waals surface area contributed by atoms with Gasteiger partial charge in [0.1, 0.15) is 22.9 Å². The summed E-state index contributed by atoms with van der Waals surface area (Å²) in [4.78, 5) is 62.5. The van der Waals surface area contributed by atoms with Gasteiger partial charge in [-0.15, -0.1) is 9.81 Å². The highest BCUT2D eigenvalue weighted by Crippen LogP contribution is 2.49. The first-order chi connectivity index (χ1) is 14.5. The Morgan fingerprint density at radius 3 is 2.40 bits per heavy atom. The summed E-state index contributed by atoms with van der Waals surface area (Å²) in [6.07, 6.45) is 3.35. The minimum Gasteiger partial charge on any atom is -0.500 e. The number of allylic oxidation sites excluding steroid dienone is 4. The number of nitroso groups, excluding NO2 is 2. The zero-order chi connectivity index (χ0) is 21.6. The number of rotatable bonds is 5. The van der Waals surface area contributed by atoms with E-state index in [0.29, 0.717) is 36.1 Å². The maximum atomic E-state index is 13.4. The van der Waals surface area contributed by atoms with E-state index in [1.165, 1.54) is 7.11 Å². The van der Waals surface area contributed by atoms with Crippen molar-refractivity contribution in [3.05, 3.63) is 55.0 Å². The highest BCUT2D eigenvalue weighted by molar-refractivity contribution is 6.34. The van der Waals surface area contributed by atoms with Crippen molar-refractivity contribution in [2.24, 2.45) is 22.0 Å². The molecule has 0 spiro atoms. The Morgan fingerprint density at radius 1 is 1.10 bits per heavy atom. The van der Waals surface area contributed by atoms with Crippen molar-refractivity contribution in [2.45, 2.75) is 32.1 Å². The highest BCUT2D eigenvalue weighted by atomic mass is 16.5. The number of Topliss-reactive ketones (excluding diaryl/α,β-unsaturated/α-hetero) is 3. The molecule has 0 fully saturated rings. The van der Waals surface area contributed by atoms with Gasteiger partial charge in [-0.1, -0.05) is 6.08 Å². The molecule has 9 nitrogen and oxygen atoms in total. The van der Waals surface area contributed by atoms with Crippen LogP contribution < -0.4 is 5.73 Å². The molecule has 1 atom stereocenters. The molecule has 0 bridgehead atoms. The fourth-order valence-corrected chi connectivity index (χ4v) is 4.71. The van der Waals surface area contributed by atoms with E-state index in [9.17, 15) is 24.2 Å². The Bertz CT molecular complexity index is 1100. The maximum Gasteiger partial charge on any atom is 0.200 e. The summed E-state index contributed by atoms with van der Waals surface area (Å²) in [6.45, 7) is -0.147. The van der Waals surface area contributed by atoms with E-state index in [2.05, 4.69) is 10.4 Å². The number of nitrogens with zero attached hydrogens (tertiary/aromatic N) is 2. The quantitative estimate of drug-likeness (QED) is 0.735. The fourth-order valence-electron chi connectivity index (χ4n) is 4.71. The largest absolute Gasteiger partial charge is 0.500 e. The summed E-state index contributed by atoms with van der Waals surface area (Å²) >= 11 is 0. The Kier molecular flexibility index (Phi) is 4.98. The minimum absolute atomic E-state index is 0.106. The molecule has 1 aromatic carbocycles. The third-order valence-electron chi connectivity index (χ3n) is 6.13. The van der Waals surface area contributed by atoms with Gasteiger partial charge in [0.05, 0.1) is 30.4 Å². The normalized spacial score (nSPS) is 20.1. The van der Waals surface area contributed by atoms with E-state index in [0.717, 1.165) is 0 Å². The van der Waals surface area contributed by atoms with Gasteiger partial charge in [-0.25, -0.2) is 0 Å². The molecule has 0 radical (unpaired) electrons. The van der Waals surface area contributed by atoms with Crippen molar-refractivity contribution in [1.82, 2.24) is 0 Å². The molecule has 0 heterocycles. The molecule has 1 unspecified atom stereocenters. The van der Waals surface area contributed by atoms with Crippen LogP contribution in [0.5, 0.6) is 0 Å². The maximum absolute atomic E-state index is 13.4. The molecule has 3 aliphatic rings. The van der Waals surface area contributed by atoms with Gasteiger partial charge in [0.15, 0.2) is 11.6 Å². The van der Waals surface area contributed by atoms with Crippen LogP contribution in [0.15, 0.2) is 33.3 Å². The standard InChI is InChI=1S/C21H19N3O6/c1-30-14-4-2-3-11-15(14)21(27)17-16(20(11)26)19(24-29)12-7-9(13(25)8-22)5-6-10(12)18(17)23-28/h3,9H,2,4-8,22H2,1H3. The second-order valence-electron chi connectivity index (χ2n) is 7.51. The van der Waals surface area contributed by atoms with Crippen LogP contribution in [-0.4, -0.2) is 31.0 Å². The summed E-state index contributed by atoms with van der Waals surface area (Å²) in [6, 6.07) is 0. The van der Waals surface area contributed by atoms with Crippen molar-refractivity contribution < 1.29 is 19.1 Å². The molecular weight excluding hydrogens is 390 g/mol. The number of fused-ring (bicyclic) bond motifs is 3. The second kappa shape index (κ2) is 7.49. The van der Waals surface area contributed by atoms with Gasteiger partial charge in [0.25, 0.3) is 0 Å². The van der Waals surface area contributed by atoms with Crippen LogP contribution >= 0.6 is 0 Å². The molecule has 154 valence electrons. The molecule has 0 saturated carbocycles. The van der Waals surface area contributed by atoms with Crippen molar-refractivity contribution in [3.8, 4) is 0 Å². The summed E-state index contributed by atoms with van der Waals surface area (Å²) in [5.74, 6) is -1.40. The minimum atomic E-state index is -0.574. The van der Waals surface area contributed by atoms with E-state index in [-0.39, 0.29) is 58.8 Å². The van der Waals surface area contributed by atoms with Crippen LogP contribution in [0.2, 0.25) is 0 Å². The monoisotopic (exact) mass is 409 g/mol. The Hall–Kier alpha value is -3.33. The lowest BCUT2D eigenvalue weighted by Gasteiger charge is -2.30. The Balaban J connectivity index is 2.03. The number of ether oxygens (including phenoxy) is 1. The van der Waals surface area contributed by atoms with E-state index in [4.69, 9.17) is 10.5 Å². The lowest BCUT2D eigenvalue weighted by Crippen LogP contribution is -2.31. The number of methoxy groups -OCH3 is 1. The van der Waals surface area contributed by atoms with Crippen LogP contribution in [0.25, 0.3) is 0 Å². The number of carbonyl (C=O) groups excluding carboxylic acids is 3. The van der Waals surface area contributed by atoms with Crippen LogP contribution in [0.4, 0.5) is 11.4 Å². The average Bonchev–Trinajstić information content (AvgIpc) is 2.79. The predicted molar refractivity (Wildman–Crippen MR) is 107 cm³/mol. The molecule has 0 aromatic heterocycles. The first-order valence-corrected chi connectivity index (χ1v) is 9.66. The van der Waals surface area contributed by atoms with Crippen LogP contribution in [0.3, 0.4) is 0 Å². The number of hydrogen-bond acceptors (Lipinski definition) is 9.